The molecule has 0 saturated heterocycles. The molecule has 1 amide bonds. The molecule has 2 rings (SSSR count). The zero-order valence-electron chi connectivity index (χ0n) is 10.3. The summed E-state index contributed by atoms with van der Waals surface area (Å²) in [6.07, 6.45) is 3.04. The first kappa shape index (κ1) is 13.5. The predicted octanol–water partition coefficient (Wildman–Crippen LogP) is 1.32. The molecule has 0 aliphatic carbocycles. The number of aromatic nitrogens is 4. The fraction of sp³-hybridized carbons (Fsp3) is 0.273. The first-order valence-electron chi connectivity index (χ1n) is 5.72. The average Bonchev–Trinajstić information content (AvgIpc) is 2.91. The van der Waals surface area contributed by atoms with Crippen LogP contribution in [0.2, 0.25) is 0 Å². The molecule has 0 aliphatic heterocycles. The molecular formula is C11H13BrN6O. The lowest BCUT2D eigenvalue weighted by molar-refractivity contribution is 0.0950. The van der Waals surface area contributed by atoms with Crippen molar-refractivity contribution in [3.05, 3.63) is 34.5 Å². The van der Waals surface area contributed by atoms with Crippen LogP contribution in [0.1, 0.15) is 23.1 Å². The van der Waals surface area contributed by atoms with Crippen molar-refractivity contribution in [2.75, 3.05) is 11.9 Å². The Morgan fingerprint density at radius 2 is 2.32 bits per heavy atom. The summed E-state index contributed by atoms with van der Waals surface area (Å²) in [5.74, 6) is 0.934. The average molecular weight is 325 g/mol. The van der Waals surface area contributed by atoms with Gasteiger partial charge in [0.25, 0.3) is 5.91 Å². The highest BCUT2D eigenvalue weighted by Gasteiger charge is 2.13. The van der Waals surface area contributed by atoms with E-state index in [1.54, 1.807) is 12.3 Å². The van der Waals surface area contributed by atoms with Crippen molar-refractivity contribution in [1.29, 1.82) is 0 Å². The molecule has 2 aromatic rings. The highest BCUT2D eigenvalue weighted by Crippen LogP contribution is 2.17. The molecule has 0 radical (unpaired) electrons. The van der Waals surface area contributed by atoms with Crippen molar-refractivity contribution < 1.29 is 4.79 Å². The van der Waals surface area contributed by atoms with Crippen LogP contribution in [0.4, 0.5) is 5.82 Å². The maximum Gasteiger partial charge on any atom is 0.255 e. The fourth-order valence-electron chi connectivity index (χ4n) is 1.50. The smallest absolute Gasteiger partial charge is 0.255 e. The van der Waals surface area contributed by atoms with Crippen LogP contribution >= 0.6 is 15.9 Å². The Morgan fingerprint density at radius 3 is 3.00 bits per heavy atom. The van der Waals surface area contributed by atoms with E-state index in [0.29, 0.717) is 23.8 Å². The molecule has 0 aromatic carbocycles. The SMILES string of the molecule is CCNc1ncc(Br)cc1C(=O)NCc1ncn[nH]1. The Morgan fingerprint density at radius 1 is 1.47 bits per heavy atom. The summed E-state index contributed by atoms with van der Waals surface area (Å²) < 4.78 is 0.749. The number of amides is 1. The van der Waals surface area contributed by atoms with Crippen LogP contribution in [-0.2, 0) is 6.54 Å². The van der Waals surface area contributed by atoms with E-state index in [2.05, 4.69) is 46.7 Å². The Labute approximate surface area is 118 Å². The molecule has 0 saturated carbocycles. The number of rotatable bonds is 5. The van der Waals surface area contributed by atoms with Crippen LogP contribution in [0.25, 0.3) is 0 Å². The van der Waals surface area contributed by atoms with Gasteiger partial charge in [0, 0.05) is 17.2 Å². The van der Waals surface area contributed by atoms with Gasteiger partial charge in [0.05, 0.1) is 12.1 Å². The van der Waals surface area contributed by atoms with Gasteiger partial charge in [-0.2, -0.15) is 5.10 Å². The minimum atomic E-state index is -0.221. The number of H-pyrrole nitrogens is 1. The van der Waals surface area contributed by atoms with Crippen LogP contribution in [-0.4, -0.2) is 32.6 Å². The number of nitrogens with one attached hydrogen (secondary N) is 3. The Kier molecular flexibility index (Phi) is 4.45. The van der Waals surface area contributed by atoms with E-state index in [1.165, 1.54) is 6.33 Å². The number of hydrogen-bond donors (Lipinski definition) is 3. The van der Waals surface area contributed by atoms with Gasteiger partial charge in [-0.05, 0) is 28.9 Å². The molecule has 7 nitrogen and oxygen atoms in total. The number of anilines is 1. The number of aromatic amines is 1. The van der Waals surface area contributed by atoms with Crippen molar-refractivity contribution in [2.24, 2.45) is 0 Å². The molecule has 8 heteroatoms. The van der Waals surface area contributed by atoms with Crippen molar-refractivity contribution >= 4 is 27.7 Å². The molecule has 0 atom stereocenters. The van der Waals surface area contributed by atoms with Gasteiger partial charge in [0.1, 0.15) is 18.0 Å². The molecule has 2 aromatic heterocycles. The molecule has 0 fully saturated rings. The summed E-state index contributed by atoms with van der Waals surface area (Å²) in [6, 6.07) is 1.72. The van der Waals surface area contributed by atoms with Gasteiger partial charge < -0.3 is 10.6 Å². The van der Waals surface area contributed by atoms with Gasteiger partial charge in [0.15, 0.2) is 0 Å². The predicted molar refractivity (Wildman–Crippen MR) is 73.7 cm³/mol. The van der Waals surface area contributed by atoms with E-state index in [-0.39, 0.29) is 12.5 Å². The zero-order valence-corrected chi connectivity index (χ0v) is 11.9. The largest absolute Gasteiger partial charge is 0.370 e. The van der Waals surface area contributed by atoms with Crippen LogP contribution in [0.3, 0.4) is 0 Å². The summed E-state index contributed by atoms with van der Waals surface area (Å²) in [5, 5.41) is 12.2. The van der Waals surface area contributed by atoms with E-state index >= 15 is 0 Å². The van der Waals surface area contributed by atoms with Crippen LogP contribution < -0.4 is 10.6 Å². The van der Waals surface area contributed by atoms with Gasteiger partial charge in [-0.1, -0.05) is 0 Å². The lowest BCUT2D eigenvalue weighted by Gasteiger charge is -2.09. The van der Waals surface area contributed by atoms with Crippen molar-refractivity contribution in [2.45, 2.75) is 13.5 Å². The van der Waals surface area contributed by atoms with Crippen molar-refractivity contribution in [3.63, 3.8) is 0 Å². The summed E-state index contributed by atoms with van der Waals surface area (Å²) in [6.45, 7) is 2.92. The molecule has 0 aliphatic rings. The van der Waals surface area contributed by atoms with Crippen molar-refractivity contribution in [1.82, 2.24) is 25.5 Å². The van der Waals surface area contributed by atoms with Gasteiger partial charge in [-0.3, -0.25) is 9.89 Å². The standard InChI is InChI=1S/C11H13BrN6O/c1-2-13-10-8(3-7(12)4-14-10)11(19)15-5-9-16-6-17-18-9/h3-4,6H,2,5H2,1H3,(H,13,14)(H,15,19)(H,16,17,18). The monoisotopic (exact) mass is 324 g/mol. The second-order valence-electron chi connectivity index (χ2n) is 3.69. The van der Waals surface area contributed by atoms with Crippen LogP contribution in [0.15, 0.2) is 23.1 Å². The Hall–Kier alpha value is -1.96. The number of halogens is 1. The summed E-state index contributed by atoms with van der Waals surface area (Å²) in [7, 11) is 0. The van der Waals surface area contributed by atoms with Crippen molar-refractivity contribution in [3.8, 4) is 0 Å². The molecule has 0 bridgehead atoms. The Balaban J connectivity index is 2.11. The van der Waals surface area contributed by atoms with E-state index in [1.807, 2.05) is 6.92 Å². The number of carbonyl (C=O) groups is 1. The highest BCUT2D eigenvalue weighted by atomic mass is 79.9. The molecule has 100 valence electrons. The van der Waals surface area contributed by atoms with E-state index in [9.17, 15) is 4.79 Å². The summed E-state index contributed by atoms with van der Waals surface area (Å²) in [4.78, 5) is 20.2. The fourth-order valence-corrected chi connectivity index (χ4v) is 1.83. The lowest BCUT2D eigenvalue weighted by atomic mass is 10.2. The Bertz CT molecular complexity index is 556. The topological polar surface area (TPSA) is 95.6 Å². The summed E-state index contributed by atoms with van der Waals surface area (Å²) in [5.41, 5.74) is 0.482. The third kappa shape index (κ3) is 3.50. The number of pyridine rings is 1. The first-order valence-corrected chi connectivity index (χ1v) is 6.52. The first-order chi connectivity index (χ1) is 9.20. The summed E-state index contributed by atoms with van der Waals surface area (Å²) >= 11 is 3.31. The minimum Gasteiger partial charge on any atom is -0.370 e. The molecule has 0 spiro atoms. The van der Waals surface area contributed by atoms with E-state index in [0.717, 1.165) is 4.47 Å². The van der Waals surface area contributed by atoms with Gasteiger partial charge >= 0.3 is 0 Å². The van der Waals surface area contributed by atoms with Gasteiger partial charge in [-0.15, -0.1) is 0 Å². The molecule has 2 heterocycles. The normalized spacial score (nSPS) is 10.2. The van der Waals surface area contributed by atoms with E-state index in [4.69, 9.17) is 0 Å². The number of hydrogen-bond acceptors (Lipinski definition) is 5. The third-order valence-electron chi connectivity index (χ3n) is 2.32. The maximum absolute atomic E-state index is 12.1. The highest BCUT2D eigenvalue weighted by molar-refractivity contribution is 9.10. The van der Waals surface area contributed by atoms with E-state index < -0.39 is 0 Å². The zero-order chi connectivity index (χ0) is 13.7. The second-order valence-corrected chi connectivity index (χ2v) is 4.61. The number of nitrogens with zero attached hydrogens (tertiary/aromatic N) is 3. The molecule has 19 heavy (non-hydrogen) atoms. The lowest BCUT2D eigenvalue weighted by Crippen LogP contribution is -2.25. The second kappa shape index (κ2) is 6.28. The van der Waals surface area contributed by atoms with Gasteiger partial charge in [0.2, 0.25) is 0 Å². The van der Waals surface area contributed by atoms with Gasteiger partial charge in [-0.25, -0.2) is 9.97 Å². The number of carbonyl (C=O) groups excluding carboxylic acids is 1. The van der Waals surface area contributed by atoms with Crippen LogP contribution in [0.5, 0.6) is 0 Å². The quantitative estimate of drug-likeness (QED) is 0.771. The minimum absolute atomic E-state index is 0.221. The van der Waals surface area contributed by atoms with Crippen LogP contribution in [0, 0.1) is 0 Å². The molecule has 3 N–H and O–H groups in total. The molecular weight excluding hydrogens is 312 g/mol. The third-order valence-corrected chi connectivity index (χ3v) is 2.76. The maximum atomic E-state index is 12.1. The molecule has 0 unspecified atom stereocenters.